The lowest BCUT2D eigenvalue weighted by molar-refractivity contribution is -0.120. The van der Waals surface area contributed by atoms with E-state index in [-0.39, 0.29) is 18.1 Å². The van der Waals surface area contributed by atoms with Crippen LogP contribution in [0.15, 0.2) is 54.6 Å². The maximum Gasteiger partial charge on any atom is 0.224 e. The summed E-state index contributed by atoms with van der Waals surface area (Å²) in [5.41, 5.74) is 2.36. The molecule has 2 aromatic carbocycles. The monoisotopic (exact) mass is 323 g/mol. The molecular weight excluding hydrogens is 302 g/mol. The summed E-state index contributed by atoms with van der Waals surface area (Å²) in [4.78, 5) is 23.6. The van der Waals surface area contributed by atoms with Gasteiger partial charge in [0.2, 0.25) is 5.91 Å². The largest absolute Gasteiger partial charge is 0.496 e. The van der Waals surface area contributed by atoms with Crippen molar-refractivity contribution in [2.75, 3.05) is 13.7 Å². The van der Waals surface area contributed by atoms with E-state index in [1.54, 1.807) is 25.3 Å². The molecule has 0 unspecified atom stereocenters. The highest BCUT2D eigenvalue weighted by Gasteiger charge is 2.10. The lowest BCUT2D eigenvalue weighted by Gasteiger charge is -2.09. The van der Waals surface area contributed by atoms with Crippen LogP contribution in [-0.2, 0) is 11.2 Å². The lowest BCUT2D eigenvalue weighted by Crippen LogP contribution is -2.25. The van der Waals surface area contributed by atoms with Crippen LogP contribution in [-0.4, -0.2) is 25.3 Å². The Kier molecular flexibility index (Phi) is 6.32. The van der Waals surface area contributed by atoms with Crippen molar-refractivity contribution in [2.24, 2.45) is 0 Å². The molecule has 0 aliphatic carbocycles. The average molecular weight is 323 g/mol. The van der Waals surface area contributed by atoms with Crippen molar-refractivity contribution in [3.05, 3.63) is 71.3 Å². The van der Waals surface area contributed by atoms with E-state index in [0.29, 0.717) is 23.4 Å². The molecule has 0 aromatic heterocycles. The quantitative estimate of drug-likeness (QED) is 0.796. The normalized spacial score (nSPS) is 10.6. The number of ether oxygens (including phenoxy) is 1. The van der Waals surface area contributed by atoms with Gasteiger partial charge in [0.25, 0.3) is 0 Å². The van der Waals surface area contributed by atoms with Gasteiger partial charge in [0.1, 0.15) is 5.75 Å². The van der Waals surface area contributed by atoms with Gasteiger partial charge in [0.15, 0.2) is 5.78 Å². The summed E-state index contributed by atoms with van der Waals surface area (Å²) < 4.78 is 5.26. The summed E-state index contributed by atoms with van der Waals surface area (Å²) in [5.74, 6) is 0.451. The number of Topliss-reactive ketones (excluding diaryl/α,β-unsaturated/α-hetero) is 1. The first-order chi connectivity index (χ1) is 11.6. The van der Waals surface area contributed by atoms with Crippen molar-refractivity contribution < 1.29 is 14.3 Å². The smallest absolute Gasteiger partial charge is 0.224 e. The van der Waals surface area contributed by atoms with Crippen LogP contribution >= 0.6 is 0 Å². The van der Waals surface area contributed by atoms with Gasteiger partial charge in [-0.1, -0.05) is 42.5 Å². The zero-order chi connectivity index (χ0) is 17.4. The molecule has 0 atom stereocenters. The number of ketones is 1. The number of methoxy groups -OCH3 is 1. The molecule has 0 saturated carbocycles. The Morgan fingerprint density at radius 3 is 2.54 bits per heavy atom. The van der Waals surface area contributed by atoms with Gasteiger partial charge >= 0.3 is 0 Å². The summed E-state index contributed by atoms with van der Waals surface area (Å²) in [6.07, 6.45) is 4.02. The Morgan fingerprint density at radius 1 is 1.12 bits per heavy atom. The number of hydrogen-bond donors (Lipinski definition) is 1. The van der Waals surface area contributed by atoms with E-state index >= 15 is 0 Å². The van der Waals surface area contributed by atoms with Crippen LogP contribution in [0.1, 0.15) is 28.4 Å². The van der Waals surface area contributed by atoms with E-state index < -0.39 is 0 Å². The maximum absolute atomic E-state index is 12.1. The molecule has 0 spiro atoms. The van der Waals surface area contributed by atoms with Gasteiger partial charge < -0.3 is 10.1 Å². The topological polar surface area (TPSA) is 55.4 Å². The van der Waals surface area contributed by atoms with Crippen LogP contribution in [0.25, 0.3) is 6.08 Å². The molecule has 124 valence electrons. The molecule has 0 radical (unpaired) electrons. The van der Waals surface area contributed by atoms with E-state index in [2.05, 4.69) is 5.32 Å². The first-order valence-corrected chi connectivity index (χ1v) is 7.76. The Morgan fingerprint density at radius 2 is 1.88 bits per heavy atom. The molecular formula is C20H21NO3. The predicted octanol–water partition coefficient (Wildman–Crippen LogP) is 3.27. The highest BCUT2D eigenvalue weighted by Crippen LogP contribution is 2.20. The van der Waals surface area contributed by atoms with Gasteiger partial charge in [-0.25, -0.2) is 0 Å². The highest BCUT2D eigenvalue weighted by atomic mass is 16.5. The third-order valence-electron chi connectivity index (χ3n) is 3.56. The van der Waals surface area contributed by atoms with Gasteiger partial charge in [-0.05, 0) is 30.7 Å². The number of carbonyl (C=O) groups is 2. The van der Waals surface area contributed by atoms with Gasteiger partial charge in [0.05, 0.1) is 13.5 Å². The van der Waals surface area contributed by atoms with E-state index in [4.69, 9.17) is 4.74 Å². The second-order valence-corrected chi connectivity index (χ2v) is 5.38. The van der Waals surface area contributed by atoms with Crippen LogP contribution in [0.3, 0.4) is 0 Å². The molecule has 0 saturated heterocycles. The molecule has 4 heteroatoms. The fraction of sp³-hybridized carbons (Fsp3) is 0.200. The Balaban J connectivity index is 1.93. The Bertz CT molecular complexity index is 736. The second-order valence-electron chi connectivity index (χ2n) is 5.38. The zero-order valence-corrected chi connectivity index (χ0v) is 13.9. The van der Waals surface area contributed by atoms with Gasteiger partial charge in [-0.3, -0.25) is 9.59 Å². The number of rotatable bonds is 7. The second kappa shape index (κ2) is 8.67. The number of amides is 1. The van der Waals surface area contributed by atoms with Crippen molar-refractivity contribution in [3.8, 4) is 5.75 Å². The van der Waals surface area contributed by atoms with Crippen molar-refractivity contribution in [1.29, 1.82) is 0 Å². The SMILES string of the molecule is COc1ccc(C(C)=O)cc1CC(=O)NC/C=C/c1ccccc1. The maximum atomic E-state index is 12.1. The molecule has 0 bridgehead atoms. The van der Waals surface area contributed by atoms with Crippen molar-refractivity contribution in [1.82, 2.24) is 5.32 Å². The van der Waals surface area contributed by atoms with Crippen LogP contribution in [0, 0.1) is 0 Å². The Labute approximate surface area is 142 Å². The van der Waals surface area contributed by atoms with Crippen molar-refractivity contribution >= 4 is 17.8 Å². The summed E-state index contributed by atoms with van der Waals surface area (Å²) in [6.45, 7) is 1.95. The molecule has 24 heavy (non-hydrogen) atoms. The average Bonchev–Trinajstić information content (AvgIpc) is 2.59. The fourth-order valence-electron chi connectivity index (χ4n) is 2.30. The lowest BCUT2D eigenvalue weighted by atomic mass is 10.0. The van der Waals surface area contributed by atoms with E-state index in [1.807, 2.05) is 42.5 Å². The summed E-state index contributed by atoms with van der Waals surface area (Å²) >= 11 is 0. The van der Waals surface area contributed by atoms with Crippen molar-refractivity contribution in [2.45, 2.75) is 13.3 Å². The number of benzene rings is 2. The number of carbonyl (C=O) groups excluding carboxylic acids is 2. The molecule has 2 aromatic rings. The van der Waals surface area contributed by atoms with Crippen LogP contribution in [0.5, 0.6) is 5.75 Å². The molecule has 1 amide bonds. The standard InChI is InChI=1S/C20H21NO3/c1-15(22)17-10-11-19(24-2)18(13-17)14-20(23)21-12-6-9-16-7-4-3-5-8-16/h3-11,13H,12,14H2,1-2H3,(H,21,23)/b9-6+. The third-order valence-corrected chi connectivity index (χ3v) is 3.56. The number of hydrogen-bond acceptors (Lipinski definition) is 3. The summed E-state index contributed by atoms with van der Waals surface area (Å²) in [7, 11) is 1.55. The number of nitrogens with one attached hydrogen (secondary N) is 1. The molecule has 0 fully saturated rings. The van der Waals surface area contributed by atoms with E-state index in [0.717, 1.165) is 5.56 Å². The molecule has 0 aliphatic rings. The molecule has 0 aliphatic heterocycles. The minimum atomic E-state index is -0.119. The van der Waals surface area contributed by atoms with Gasteiger partial charge in [-0.15, -0.1) is 0 Å². The first kappa shape index (κ1) is 17.5. The predicted molar refractivity (Wildman–Crippen MR) is 95.2 cm³/mol. The van der Waals surface area contributed by atoms with Gasteiger partial charge in [0, 0.05) is 17.7 Å². The molecule has 4 nitrogen and oxygen atoms in total. The van der Waals surface area contributed by atoms with Gasteiger partial charge in [-0.2, -0.15) is 0 Å². The van der Waals surface area contributed by atoms with E-state index in [1.165, 1.54) is 6.92 Å². The molecule has 0 heterocycles. The van der Waals surface area contributed by atoms with Crippen LogP contribution in [0.4, 0.5) is 0 Å². The summed E-state index contributed by atoms with van der Waals surface area (Å²) in [5, 5.41) is 2.84. The minimum absolute atomic E-state index is 0.0369. The molecule has 1 N–H and O–H groups in total. The first-order valence-electron chi connectivity index (χ1n) is 7.76. The Hall–Kier alpha value is -2.88. The minimum Gasteiger partial charge on any atom is -0.496 e. The van der Waals surface area contributed by atoms with Crippen LogP contribution < -0.4 is 10.1 Å². The summed E-state index contributed by atoms with van der Waals surface area (Å²) in [6, 6.07) is 15.0. The van der Waals surface area contributed by atoms with E-state index in [9.17, 15) is 9.59 Å². The fourth-order valence-corrected chi connectivity index (χ4v) is 2.30. The zero-order valence-electron chi connectivity index (χ0n) is 13.9. The molecule has 2 rings (SSSR count). The van der Waals surface area contributed by atoms with Crippen molar-refractivity contribution in [3.63, 3.8) is 0 Å². The third kappa shape index (κ3) is 5.09. The van der Waals surface area contributed by atoms with Crippen LogP contribution in [0.2, 0.25) is 0 Å². The highest BCUT2D eigenvalue weighted by molar-refractivity contribution is 5.94.